The van der Waals surface area contributed by atoms with Crippen LogP contribution in [0, 0.1) is 11.3 Å². The van der Waals surface area contributed by atoms with E-state index in [4.69, 9.17) is 16.9 Å². The highest BCUT2D eigenvalue weighted by atomic mass is 35.5. The van der Waals surface area contributed by atoms with Crippen LogP contribution in [0.25, 0.3) is 0 Å². The van der Waals surface area contributed by atoms with Crippen molar-refractivity contribution in [2.45, 2.75) is 33.0 Å². The number of aromatic nitrogens is 2. The van der Waals surface area contributed by atoms with Crippen LogP contribution in [0.3, 0.4) is 0 Å². The largest absolute Gasteiger partial charge is 0.330 e. The smallest absolute Gasteiger partial charge is 0.238 e. The zero-order valence-corrected chi connectivity index (χ0v) is 14.0. The topological polar surface area (TPSA) is 61.9 Å². The Kier molecular flexibility index (Phi) is 5.78. The fourth-order valence-electron chi connectivity index (χ4n) is 2.42. The molecule has 0 spiro atoms. The molecular weight excluding hydrogens is 312 g/mol. The Hall–Kier alpha value is -2.32. The molecule has 0 aliphatic carbocycles. The van der Waals surface area contributed by atoms with Gasteiger partial charge < -0.3 is 4.90 Å². The van der Waals surface area contributed by atoms with Crippen molar-refractivity contribution in [2.75, 3.05) is 5.88 Å². The van der Waals surface area contributed by atoms with Crippen molar-refractivity contribution >= 4 is 17.5 Å². The summed E-state index contributed by atoms with van der Waals surface area (Å²) in [5.74, 6) is -0.227. The lowest BCUT2D eigenvalue weighted by Gasteiger charge is -2.29. The Morgan fingerprint density at radius 1 is 1.52 bits per heavy atom. The highest BCUT2D eigenvalue weighted by Gasteiger charge is 2.22. The molecule has 1 aromatic carbocycles. The van der Waals surface area contributed by atoms with Gasteiger partial charge in [-0.3, -0.25) is 9.48 Å². The molecule has 1 atom stereocenters. The third-order valence-electron chi connectivity index (χ3n) is 3.76. The van der Waals surface area contributed by atoms with Gasteiger partial charge in [-0.25, -0.2) is 0 Å². The van der Waals surface area contributed by atoms with Crippen LogP contribution < -0.4 is 0 Å². The number of hydrogen-bond donors (Lipinski definition) is 0. The Morgan fingerprint density at radius 3 is 2.91 bits per heavy atom. The van der Waals surface area contributed by atoms with Crippen LogP contribution in [-0.4, -0.2) is 26.5 Å². The Labute approximate surface area is 141 Å². The summed E-state index contributed by atoms with van der Waals surface area (Å²) in [7, 11) is 0. The summed E-state index contributed by atoms with van der Waals surface area (Å²) >= 11 is 5.77. The summed E-state index contributed by atoms with van der Waals surface area (Å²) in [6.07, 6.45) is 3.68. The highest BCUT2D eigenvalue weighted by Crippen LogP contribution is 2.23. The molecule has 5 nitrogen and oxygen atoms in total. The zero-order chi connectivity index (χ0) is 16.8. The lowest BCUT2D eigenvalue weighted by Crippen LogP contribution is -2.34. The van der Waals surface area contributed by atoms with E-state index in [1.807, 2.05) is 36.9 Å². The van der Waals surface area contributed by atoms with Crippen LogP contribution in [-0.2, 0) is 17.9 Å². The predicted octanol–water partition coefficient (Wildman–Crippen LogP) is 3.10. The third kappa shape index (κ3) is 4.11. The second-order valence-electron chi connectivity index (χ2n) is 5.27. The zero-order valence-electron chi connectivity index (χ0n) is 13.2. The second kappa shape index (κ2) is 7.80. The number of amides is 1. The maximum Gasteiger partial charge on any atom is 0.238 e. The first-order chi connectivity index (χ1) is 11.1. The molecule has 2 rings (SSSR count). The number of benzene rings is 1. The first-order valence-electron chi connectivity index (χ1n) is 7.45. The van der Waals surface area contributed by atoms with Gasteiger partial charge in [-0.1, -0.05) is 12.1 Å². The molecule has 0 aliphatic heterocycles. The number of nitrogens with zero attached hydrogens (tertiary/aromatic N) is 4. The first-order valence-corrected chi connectivity index (χ1v) is 7.99. The molecule has 0 N–H and O–H groups in total. The first kappa shape index (κ1) is 17.0. The molecule has 0 aliphatic rings. The number of carbonyl (C=O) groups excluding carboxylic acids is 1. The molecule has 0 fully saturated rings. The standard InChI is InChI=1S/C17H19ClN4O/c1-3-21-11-15(10-20-21)12-22(17(23)8-18)13(2)16-6-4-5-14(7-16)9-19/h4-7,10-11,13H,3,8,12H2,1-2H3/t13-/m1/s1. The normalized spacial score (nSPS) is 11.7. The van der Waals surface area contributed by atoms with E-state index in [9.17, 15) is 4.79 Å². The summed E-state index contributed by atoms with van der Waals surface area (Å²) in [6, 6.07) is 9.22. The predicted molar refractivity (Wildman–Crippen MR) is 88.7 cm³/mol. The van der Waals surface area contributed by atoms with Crippen LogP contribution in [0.2, 0.25) is 0 Å². The number of alkyl halides is 1. The molecule has 0 saturated heterocycles. The van der Waals surface area contributed by atoms with Crippen LogP contribution in [0.1, 0.15) is 36.6 Å². The number of hydrogen-bond acceptors (Lipinski definition) is 3. The summed E-state index contributed by atoms with van der Waals surface area (Å²) < 4.78 is 1.82. The van der Waals surface area contributed by atoms with Gasteiger partial charge in [-0.15, -0.1) is 11.6 Å². The van der Waals surface area contributed by atoms with Crippen molar-refractivity contribution in [3.63, 3.8) is 0 Å². The molecule has 6 heteroatoms. The van der Waals surface area contributed by atoms with Crippen LogP contribution >= 0.6 is 11.6 Å². The molecule has 1 heterocycles. The maximum absolute atomic E-state index is 12.3. The average molecular weight is 331 g/mol. The summed E-state index contributed by atoms with van der Waals surface area (Å²) in [5, 5.41) is 13.3. The van der Waals surface area contributed by atoms with Gasteiger partial charge in [0.2, 0.25) is 5.91 Å². The van der Waals surface area contributed by atoms with Gasteiger partial charge in [0, 0.05) is 24.8 Å². The Balaban J connectivity index is 2.26. The van der Waals surface area contributed by atoms with Gasteiger partial charge in [0.05, 0.1) is 23.9 Å². The van der Waals surface area contributed by atoms with E-state index in [0.29, 0.717) is 12.1 Å². The van der Waals surface area contributed by atoms with E-state index in [-0.39, 0.29) is 17.8 Å². The molecule has 23 heavy (non-hydrogen) atoms. The van der Waals surface area contributed by atoms with Gasteiger partial charge in [-0.05, 0) is 31.5 Å². The molecule has 0 radical (unpaired) electrons. The van der Waals surface area contributed by atoms with Gasteiger partial charge in [0.25, 0.3) is 0 Å². The molecule has 1 amide bonds. The summed E-state index contributed by atoms with van der Waals surface area (Å²) in [4.78, 5) is 14.0. The quantitative estimate of drug-likeness (QED) is 0.764. The molecule has 0 unspecified atom stereocenters. The van der Waals surface area contributed by atoms with Crippen LogP contribution in [0.4, 0.5) is 0 Å². The van der Waals surface area contributed by atoms with Crippen molar-refractivity contribution in [1.29, 1.82) is 5.26 Å². The van der Waals surface area contributed by atoms with Crippen molar-refractivity contribution in [3.8, 4) is 6.07 Å². The number of aryl methyl sites for hydroxylation is 1. The fraction of sp³-hybridized carbons (Fsp3) is 0.353. The molecule has 2 aromatic rings. The fourth-order valence-corrected chi connectivity index (χ4v) is 2.58. The minimum Gasteiger partial charge on any atom is -0.330 e. The number of nitriles is 1. The molecule has 1 aromatic heterocycles. The molecule has 0 saturated carbocycles. The molecule has 0 bridgehead atoms. The maximum atomic E-state index is 12.3. The van der Waals surface area contributed by atoms with E-state index in [1.165, 1.54) is 0 Å². The van der Waals surface area contributed by atoms with E-state index < -0.39 is 0 Å². The van der Waals surface area contributed by atoms with Gasteiger partial charge >= 0.3 is 0 Å². The second-order valence-corrected chi connectivity index (χ2v) is 5.54. The van der Waals surface area contributed by atoms with Crippen molar-refractivity contribution in [1.82, 2.24) is 14.7 Å². The number of rotatable bonds is 6. The summed E-state index contributed by atoms with van der Waals surface area (Å²) in [5.41, 5.74) is 2.44. The number of carbonyl (C=O) groups is 1. The van der Waals surface area contributed by atoms with E-state index >= 15 is 0 Å². The Bertz CT molecular complexity index is 719. The van der Waals surface area contributed by atoms with Gasteiger partial charge in [0.15, 0.2) is 0 Å². The SMILES string of the molecule is CCn1cc(CN(C(=O)CCl)[C@H](C)c2cccc(C#N)c2)cn1. The summed E-state index contributed by atoms with van der Waals surface area (Å²) in [6.45, 7) is 5.16. The lowest BCUT2D eigenvalue weighted by molar-refractivity contribution is -0.131. The van der Waals surface area contributed by atoms with E-state index in [2.05, 4.69) is 11.2 Å². The monoisotopic (exact) mass is 330 g/mol. The van der Waals surface area contributed by atoms with Crippen LogP contribution in [0.15, 0.2) is 36.7 Å². The van der Waals surface area contributed by atoms with E-state index in [1.54, 1.807) is 23.2 Å². The van der Waals surface area contributed by atoms with Crippen LogP contribution in [0.5, 0.6) is 0 Å². The minimum absolute atomic E-state index is 0.0792. The van der Waals surface area contributed by atoms with Crippen molar-refractivity contribution in [2.24, 2.45) is 0 Å². The highest BCUT2D eigenvalue weighted by molar-refractivity contribution is 6.27. The van der Waals surface area contributed by atoms with Crippen molar-refractivity contribution < 1.29 is 4.79 Å². The van der Waals surface area contributed by atoms with Crippen molar-refractivity contribution in [3.05, 3.63) is 53.3 Å². The molecular formula is C17H19ClN4O. The van der Waals surface area contributed by atoms with Gasteiger partial charge in [0.1, 0.15) is 5.88 Å². The minimum atomic E-state index is -0.181. The average Bonchev–Trinajstić information content (AvgIpc) is 3.06. The Morgan fingerprint density at radius 2 is 2.30 bits per heavy atom. The van der Waals surface area contributed by atoms with E-state index in [0.717, 1.165) is 17.7 Å². The molecule has 120 valence electrons. The van der Waals surface area contributed by atoms with Gasteiger partial charge in [-0.2, -0.15) is 10.4 Å². The lowest BCUT2D eigenvalue weighted by atomic mass is 10.0. The third-order valence-corrected chi connectivity index (χ3v) is 3.99. The number of halogens is 1.